The summed E-state index contributed by atoms with van der Waals surface area (Å²) in [6.07, 6.45) is 1.88. The molecule has 7 nitrogen and oxygen atoms in total. The van der Waals surface area contributed by atoms with E-state index in [0.717, 1.165) is 10.7 Å². The zero-order chi connectivity index (χ0) is 14.0. The summed E-state index contributed by atoms with van der Waals surface area (Å²) in [7, 11) is 0. The van der Waals surface area contributed by atoms with Crippen molar-refractivity contribution < 1.29 is 9.90 Å². The van der Waals surface area contributed by atoms with Crippen molar-refractivity contribution in [3.05, 3.63) is 27.5 Å². The van der Waals surface area contributed by atoms with Gasteiger partial charge in [-0.05, 0) is 13.8 Å². The molecule has 8 heteroatoms. The third kappa shape index (κ3) is 3.36. The standard InChI is InChI=1S/C11H15N5O2S/c1-6-7(2)19-10(13-6)5-16-4-8(14-15-16)3-9(12)11(17)18/h4,9H,3,5,12H2,1-2H3,(H,17,18). The lowest BCUT2D eigenvalue weighted by molar-refractivity contribution is -0.138. The summed E-state index contributed by atoms with van der Waals surface area (Å²) < 4.78 is 1.64. The van der Waals surface area contributed by atoms with E-state index in [1.54, 1.807) is 22.2 Å². The van der Waals surface area contributed by atoms with Crippen molar-refractivity contribution in [2.24, 2.45) is 5.73 Å². The summed E-state index contributed by atoms with van der Waals surface area (Å²) in [6, 6.07) is -0.950. The van der Waals surface area contributed by atoms with Gasteiger partial charge in [0.1, 0.15) is 11.0 Å². The third-order valence-electron chi connectivity index (χ3n) is 2.70. The normalized spacial score (nSPS) is 12.6. The molecule has 0 saturated carbocycles. The highest BCUT2D eigenvalue weighted by molar-refractivity contribution is 7.11. The molecule has 2 aromatic rings. The molecule has 0 saturated heterocycles. The molecule has 2 aromatic heterocycles. The van der Waals surface area contributed by atoms with E-state index >= 15 is 0 Å². The second-order valence-corrected chi connectivity index (χ2v) is 5.59. The first-order chi connectivity index (χ1) is 8.95. The maximum atomic E-state index is 10.7. The number of aliphatic carboxylic acids is 1. The van der Waals surface area contributed by atoms with Crippen LogP contribution in [0, 0.1) is 13.8 Å². The van der Waals surface area contributed by atoms with Crippen LogP contribution < -0.4 is 5.73 Å². The van der Waals surface area contributed by atoms with Crippen molar-refractivity contribution in [1.29, 1.82) is 0 Å². The number of nitrogens with two attached hydrogens (primary N) is 1. The van der Waals surface area contributed by atoms with Gasteiger partial charge < -0.3 is 10.8 Å². The molecule has 0 aliphatic carbocycles. The second-order valence-electron chi connectivity index (χ2n) is 4.31. The van der Waals surface area contributed by atoms with Gasteiger partial charge in [0.05, 0.1) is 17.9 Å². The number of carboxylic acids is 1. The molecule has 0 aliphatic heterocycles. The van der Waals surface area contributed by atoms with E-state index in [9.17, 15) is 4.79 Å². The van der Waals surface area contributed by atoms with Crippen molar-refractivity contribution in [2.75, 3.05) is 0 Å². The Morgan fingerprint density at radius 1 is 1.58 bits per heavy atom. The molecule has 2 heterocycles. The zero-order valence-corrected chi connectivity index (χ0v) is 11.5. The Labute approximate surface area is 114 Å². The SMILES string of the molecule is Cc1nc(Cn2cc(CC(N)C(=O)O)nn2)sc1C. The Morgan fingerprint density at radius 2 is 2.32 bits per heavy atom. The Hall–Kier alpha value is -1.80. The van der Waals surface area contributed by atoms with Gasteiger partial charge in [0.25, 0.3) is 0 Å². The maximum absolute atomic E-state index is 10.7. The summed E-state index contributed by atoms with van der Waals surface area (Å²) >= 11 is 1.62. The predicted molar refractivity (Wildman–Crippen MR) is 70.0 cm³/mol. The van der Waals surface area contributed by atoms with Crippen LogP contribution in [0.3, 0.4) is 0 Å². The van der Waals surface area contributed by atoms with Crippen molar-refractivity contribution >= 4 is 17.3 Å². The maximum Gasteiger partial charge on any atom is 0.320 e. The zero-order valence-electron chi connectivity index (χ0n) is 10.7. The molecule has 1 unspecified atom stereocenters. The van der Waals surface area contributed by atoms with E-state index in [0.29, 0.717) is 12.2 Å². The van der Waals surface area contributed by atoms with Gasteiger partial charge in [-0.2, -0.15) is 0 Å². The Morgan fingerprint density at radius 3 is 2.89 bits per heavy atom. The van der Waals surface area contributed by atoms with Gasteiger partial charge in [0.15, 0.2) is 0 Å². The summed E-state index contributed by atoms with van der Waals surface area (Å²) in [5, 5.41) is 17.5. The van der Waals surface area contributed by atoms with Crippen LogP contribution in [0.15, 0.2) is 6.20 Å². The van der Waals surface area contributed by atoms with Crippen molar-refractivity contribution in [2.45, 2.75) is 32.9 Å². The highest BCUT2D eigenvalue weighted by Crippen LogP contribution is 2.17. The number of aromatic nitrogens is 4. The van der Waals surface area contributed by atoms with Crippen molar-refractivity contribution in [1.82, 2.24) is 20.0 Å². The van der Waals surface area contributed by atoms with Crippen LogP contribution in [0.1, 0.15) is 21.3 Å². The molecule has 2 rings (SSSR count). The number of carbonyl (C=O) groups is 1. The molecule has 0 aromatic carbocycles. The van der Waals surface area contributed by atoms with Crippen molar-refractivity contribution in [3.63, 3.8) is 0 Å². The summed E-state index contributed by atoms with van der Waals surface area (Å²) in [5.41, 5.74) is 7.04. The van der Waals surface area contributed by atoms with Gasteiger partial charge in [-0.3, -0.25) is 4.79 Å². The molecule has 102 valence electrons. The fraction of sp³-hybridized carbons (Fsp3) is 0.455. The Kier molecular flexibility index (Phi) is 3.91. The fourth-order valence-corrected chi connectivity index (χ4v) is 2.49. The van der Waals surface area contributed by atoms with Gasteiger partial charge in [-0.25, -0.2) is 9.67 Å². The first-order valence-corrected chi connectivity index (χ1v) is 6.57. The van der Waals surface area contributed by atoms with E-state index in [1.165, 1.54) is 4.88 Å². The van der Waals surface area contributed by atoms with E-state index in [-0.39, 0.29) is 6.42 Å². The quantitative estimate of drug-likeness (QED) is 0.819. The Bertz CT molecular complexity index is 572. The van der Waals surface area contributed by atoms with Gasteiger partial charge in [0, 0.05) is 17.5 Å². The summed E-state index contributed by atoms with van der Waals surface area (Å²) in [4.78, 5) is 16.3. The number of aryl methyl sites for hydroxylation is 2. The predicted octanol–water partition coefficient (Wildman–Crippen LogP) is 0.354. The van der Waals surface area contributed by atoms with Gasteiger partial charge in [0.2, 0.25) is 0 Å². The van der Waals surface area contributed by atoms with Crippen LogP contribution in [-0.2, 0) is 17.8 Å². The molecule has 0 fully saturated rings. The largest absolute Gasteiger partial charge is 0.480 e. The number of hydrogen-bond acceptors (Lipinski definition) is 6. The second kappa shape index (κ2) is 5.45. The van der Waals surface area contributed by atoms with Crippen LogP contribution in [0.25, 0.3) is 0 Å². The number of rotatable bonds is 5. The minimum Gasteiger partial charge on any atom is -0.480 e. The fourth-order valence-electron chi connectivity index (χ4n) is 1.57. The van der Waals surface area contributed by atoms with Crippen molar-refractivity contribution in [3.8, 4) is 0 Å². The highest BCUT2D eigenvalue weighted by atomic mass is 32.1. The summed E-state index contributed by atoms with van der Waals surface area (Å²) in [6.45, 7) is 4.53. The lowest BCUT2D eigenvalue weighted by atomic mass is 10.2. The first kappa shape index (κ1) is 13.6. The van der Waals surface area contributed by atoms with E-state index in [2.05, 4.69) is 15.3 Å². The minimum absolute atomic E-state index is 0.172. The van der Waals surface area contributed by atoms with Gasteiger partial charge >= 0.3 is 5.97 Å². The van der Waals surface area contributed by atoms with Gasteiger partial charge in [-0.15, -0.1) is 16.4 Å². The lowest BCUT2D eigenvalue weighted by Crippen LogP contribution is -2.32. The molecule has 0 aliphatic rings. The lowest BCUT2D eigenvalue weighted by Gasteiger charge is -2.01. The molecule has 0 spiro atoms. The minimum atomic E-state index is -1.04. The molecule has 0 radical (unpaired) electrons. The molecule has 0 amide bonds. The molecule has 19 heavy (non-hydrogen) atoms. The molecular weight excluding hydrogens is 266 g/mol. The molecule has 1 atom stereocenters. The number of carboxylic acid groups (broad SMARTS) is 1. The smallest absolute Gasteiger partial charge is 0.320 e. The van der Waals surface area contributed by atoms with E-state index < -0.39 is 12.0 Å². The van der Waals surface area contributed by atoms with E-state index in [1.807, 2.05) is 13.8 Å². The number of hydrogen-bond donors (Lipinski definition) is 2. The monoisotopic (exact) mass is 281 g/mol. The number of thiazole rings is 1. The molecule has 3 N–H and O–H groups in total. The first-order valence-electron chi connectivity index (χ1n) is 5.76. The van der Waals surface area contributed by atoms with Crippen LogP contribution in [-0.4, -0.2) is 37.1 Å². The van der Waals surface area contributed by atoms with Crippen LogP contribution in [0.5, 0.6) is 0 Å². The average Bonchev–Trinajstić information content (AvgIpc) is 2.87. The Balaban J connectivity index is 2.03. The topological polar surface area (TPSA) is 107 Å². The number of nitrogens with zero attached hydrogens (tertiary/aromatic N) is 4. The third-order valence-corrected chi connectivity index (χ3v) is 3.76. The average molecular weight is 281 g/mol. The molecular formula is C11H15N5O2S. The van der Waals surface area contributed by atoms with Crippen LogP contribution >= 0.6 is 11.3 Å². The van der Waals surface area contributed by atoms with Gasteiger partial charge in [-0.1, -0.05) is 5.21 Å². The highest BCUT2D eigenvalue weighted by Gasteiger charge is 2.14. The summed E-state index contributed by atoms with van der Waals surface area (Å²) in [5.74, 6) is -1.04. The van der Waals surface area contributed by atoms with E-state index in [4.69, 9.17) is 10.8 Å². The van der Waals surface area contributed by atoms with Crippen LogP contribution in [0.4, 0.5) is 0 Å². The molecule has 0 bridgehead atoms. The van der Waals surface area contributed by atoms with Crippen LogP contribution in [0.2, 0.25) is 0 Å².